The maximum atomic E-state index is 11.4. The molecule has 4 nitrogen and oxygen atoms in total. The lowest BCUT2D eigenvalue weighted by molar-refractivity contribution is -0.146. The number of ether oxygens (including phenoxy) is 1. The number of aryl methyl sites for hydroxylation is 1. The summed E-state index contributed by atoms with van der Waals surface area (Å²) in [4.78, 5) is 11.4. The average molecular weight is 180 g/mol. The lowest BCUT2D eigenvalue weighted by atomic mass is 10.3. The molecule has 1 aliphatic rings. The van der Waals surface area contributed by atoms with Gasteiger partial charge in [-0.3, -0.25) is 4.68 Å². The number of esters is 1. The van der Waals surface area contributed by atoms with Gasteiger partial charge in [-0.2, -0.15) is 5.10 Å². The standard InChI is InChI=1S/C9H12N2O2/c1-7-5-10-11(6-7)9(3-4-9)8(12)13-2/h5-6H,3-4H2,1-2H3. The van der Waals surface area contributed by atoms with Gasteiger partial charge >= 0.3 is 5.97 Å². The van der Waals surface area contributed by atoms with Gasteiger partial charge in [-0.15, -0.1) is 0 Å². The van der Waals surface area contributed by atoms with E-state index in [1.807, 2.05) is 13.1 Å². The van der Waals surface area contributed by atoms with Gasteiger partial charge in [-0.25, -0.2) is 4.79 Å². The van der Waals surface area contributed by atoms with Crippen molar-refractivity contribution in [3.05, 3.63) is 18.0 Å². The van der Waals surface area contributed by atoms with Crippen LogP contribution in [0.5, 0.6) is 0 Å². The summed E-state index contributed by atoms with van der Waals surface area (Å²) in [6, 6.07) is 0. The van der Waals surface area contributed by atoms with E-state index in [0.717, 1.165) is 18.4 Å². The topological polar surface area (TPSA) is 44.1 Å². The first-order valence-corrected chi connectivity index (χ1v) is 4.29. The number of hydrogen-bond donors (Lipinski definition) is 0. The molecule has 0 atom stereocenters. The number of carbonyl (C=O) groups excluding carboxylic acids is 1. The third kappa shape index (κ3) is 1.13. The van der Waals surface area contributed by atoms with Gasteiger partial charge in [0.25, 0.3) is 0 Å². The number of methoxy groups -OCH3 is 1. The third-order valence-electron chi connectivity index (χ3n) is 2.44. The molecule has 1 aromatic heterocycles. The number of carbonyl (C=O) groups is 1. The SMILES string of the molecule is COC(=O)C1(n2cc(C)cn2)CC1. The average Bonchev–Trinajstić information content (AvgIpc) is 2.83. The molecular formula is C9H12N2O2. The van der Waals surface area contributed by atoms with E-state index in [1.54, 1.807) is 10.9 Å². The summed E-state index contributed by atoms with van der Waals surface area (Å²) in [5.41, 5.74) is 0.582. The van der Waals surface area contributed by atoms with E-state index in [0.29, 0.717) is 0 Å². The van der Waals surface area contributed by atoms with Gasteiger partial charge in [0.05, 0.1) is 13.3 Å². The normalized spacial score (nSPS) is 18.3. The summed E-state index contributed by atoms with van der Waals surface area (Å²) < 4.78 is 6.46. The van der Waals surface area contributed by atoms with Crippen LogP contribution in [0.15, 0.2) is 12.4 Å². The van der Waals surface area contributed by atoms with Crippen molar-refractivity contribution in [2.24, 2.45) is 0 Å². The molecule has 0 spiro atoms. The van der Waals surface area contributed by atoms with Crippen LogP contribution in [0.25, 0.3) is 0 Å². The van der Waals surface area contributed by atoms with Crippen LogP contribution < -0.4 is 0 Å². The lowest BCUT2D eigenvalue weighted by Crippen LogP contribution is -2.29. The third-order valence-corrected chi connectivity index (χ3v) is 2.44. The Labute approximate surface area is 76.5 Å². The molecule has 2 rings (SSSR count). The first-order valence-electron chi connectivity index (χ1n) is 4.29. The Hall–Kier alpha value is -1.32. The Kier molecular flexibility index (Phi) is 1.65. The molecule has 1 fully saturated rings. The summed E-state index contributed by atoms with van der Waals surface area (Å²) in [7, 11) is 1.42. The second kappa shape index (κ2) is 2.58. The van der Waals surface area contributed by atoms with E-state index in [1.165, 1.54) is 7.11 Å². The molecule has 0 aliphatic heterocycles. The highest BCUT2D eigenvalue weighted by molar-refractivity contribution is 5.81. The van der Waals surface area contributed by atoms with Crippen LogP contribution >= 0.6 is 0 Å². The van der Waals surface area contributed by atoms with Crippen LogP contribution in [0.4, 0.5) is 0 Å². The summed E-state index contributed by atoms with van der Waals surface area (Å²) in [5, 5.41) is 4.13. The second-order valence-corrected chi connectivity index (χ2v) is 3.49. The number of aromatic nitrogens is 2. The molecule has 1 aromatic rings. The van der Waals surface area contributed by atoms with E-state index in [9.17, 15) is 4.79 Å². The highest BCUT2D eigenvalue weighted by Crippen LogP contribution is 2.43. The maximum absolute atomic E-state index is 11.4. The van der Waals surface area contributed by atoms with Gasteiger partial charge in [0.15, 0.2) is 5.54 Å². The lowest BCUT2D eigenvalue weighted by Gasteiger charge is -2.12. The first kappa shape index (κ1) is 8.29. The number of hydrogen-bond acceptors (Lipinski definition) is 3. The summed E-state index contributed by atoms with van der Waals surface area (Å²) in [5.74, 6) is -0.185. The smallest absolute Gasteiger partial charge is 0.333 e. The van der Waals surface area contributed by atoms with Crippen molar-refractivity contribution in [3.8, 4) is 0 Å². The van der Waals surface area contributed by atoms with Crippen molar-refractivity contribution in [2.45, 2.75) is 25.3 Å². The summed E-state index contributed by atoms with van der Waals surface area (Å²) >= 11 is 0. The fourth-order valence-electron chi connectivity index (χ4n) is 1.48. The zero-order valence-electron chi connectivity index (χ0n) is 7.78. The Morgan fingerprint density at radius 2 is 2.38 bits per heavy atom. The predicted molar refractivity (Wildman–Crippen MR) is 46.2 cm³/mol. The molecule has 0 N–H and O–H groups in total. The van der Waals surface area contributed by atoms with Crippen molar-refractivity contribution < 1.29 is 9.53 Å². The Morgan fingerprint density at radius 3 is 2.77 bits per heavy atom. The first-order chi connectivity index (χ1) is 6.19. The number of nitrogens with zero attached hydrogens (tertiary/aromatic N) is 2. The fraction of sp³-hybridized carbons (Fsp3) is 0.556. The number of rotatable bonds is 2. The molecule has 0 unspecified atom stereocenters. The van der Waals surface area contributed by atoms with Crippen molar-refractivity contribution in [2.75, 3.05) is 7.11 Å². The highest BCUT2D eigenvalue weighted by Gasteiger charge is 2.53. The summed E-state index contributed by atoms with van der Waals surface area (Å²) in [6.07, 6.45) is 5.30. The molecule has 1 saturated carbocycles. The van der Waals surface area contributed by atoms with Gasteiger partial charge in [0.2, 0.25) is 0 Å². The van der Waals surface area contributed by atoms with E-state index in [2.05, 4.69) is 5.10 Å². The second-order valence-electron chi connectivity index (χ2n) is 3.49. The molecule has 1 heterocycles. The van der Waals surface area contributed by atoms with Crippen molar-refractivity contribution >= 4 is 5.97 Å². The minimum Gasteiger partial charge on any atom is -0.467 e. The molecule has 0 saturated heterocycles. The van der Waals surface area contributed by atoms with Crippen molar-refractivity contribution in [1.29, 1.82) is 0 Å². The summed E-state index contributed by atoms with van der Waals surface area (Å²) in [6.45, 7) is 1.96. The van der Waals surface area contributed by atoms with Gasteiger partial charge in [-0.1, -0.05) is 0 Å². The van der Waals surface area contributed by atoms with Crippen LogP contribution in [0, 0.1) is 6.92 Å². The maximum Gasteiger partial charge on any atom is 0.333 e. The minimum absolute atomic E-state index is 0.185. The molecule has 0 radical (unpaired) electrons. The molecule has 70 valence electrons. The molecule has 4 heteroatoms. The van der Waals surface area contributed by atoms with E-state index >= 15 is 0 Å². The quantitative estimate of drug-likeness (QED) is 0.634. The predicted octanol–water partition coefficient (Wildman–Crippen LogP) is 0.854. The van der Waals surface area contributed by atoms with Gasteiger partial charge in [0.1, 0.15) is 0 Å². The molecule has 0 bridgehead atoms. The highest BCUT2D eigenvalue weighted by atomic mass is 16.5. The van der Waals surface area contributed by atoms with Crippen molar-refractivity contribution in [3.63, 3.8) is 0 Å². The van der Waals surface area contributed by atoms with E-state index in [-0.39, 0.29) is 5.97 Å². The Balaban J connectivity index is 2.30. The molecule has 13 heavy (non-hydrogen) atoms. The zero-order valence-corrected chi connectivity index (χ0v) is 7.78. The van der Waals surface area contributed by atoms with Crippen LogP contribution in [-0.2, 0) is 15.1 Å². The Morgan fingerprint density at radius 1 is 1.69 bits per heavy atom. The molecule has 1 aliphatic carbocycles. The monoisotopic (exact) mass is 180 g/mol. The van der Waals surface area contributed by atoms with E-state index < -0.39 is 5.54 Å². The van der Waals surface area contributed by atoms with Crippen LogP contribution in [0.2, 0.25) is 0 Å². The largest absolute Gasteiger partial charge is 0.467 e. The molecule has 0 amide bonds. The van der Waals surface area contributed by atoms with Gasteiger partial charge < -0.3 is 4.74 Å². The fourth-order valence-corrected chi connectivity index (χ4v) is 1.48. The zero-order chi connectivity index (χ0) is 9.47. The molecular weight excluding hydrogens is 168 g/mol. The van der Waals surface area contributed by atoms with Crippen LogP contribution in [-0.4, -0.2) is 22.9 Å². The Bertz CT molecular complexity index is 339. The van der Waals surface area contributed by atoms with Crippen LogP contribution in [0.1, 0.15) is 18.4 Å². The van der Waals surface area contributed by atoms with Gasteiger partial charge in [0, 0.05) is 6.20 Å². The van der Waals surface area contributed by atoms with Crippen LogP contribution in [0.3, 0.4) is 0 Å². The molecule has 0 aromatic carbocycles. The van der Waals surface area contributed by atoms with Gasteiger partial charge in [-0.05, 0) is 25.3 Å². The van der Waals surface area contributed by atoms with Crippen molar-refractivity contribution in [1.82, 2.24) is 9.78 Å². The minimum atomic E-state index is -0.483. The van der Waals surface area contributed by atoms with E-state index in [4.69, 9.17) is 4.74 Å².